The Bertz CT molecular complexity index is 788. The van der Waals surface area contributed by atoms with Crippen LogP contribution in [0.4, 0.5) is 0 Å². The molecule has 0 aliphatic rings. The summed E-state index contributed by atoms with van der Waals surface area (Å²) >= 11 is 18.5. The van der Waals surface area contributed by atoms with Crippen LogP contribution in [0.1, 0.15) is 11.4 Å². The molecule has 108 valence electrons. The third kappa shape index (κ3) is 2.64. The van der Waals surface area contributed by atoms with E-state index < -0.39 is 0 Å². The molecule has 2 aromatic carbocycles. The van der Waals surface area contributed by atoms with E-state index in [4.69, 9.17) is 34.8 Å². The normalized spacial score (nSPS) is 11.2. The van der Waals surface area contributed by atoms with Crippen LogP contribution >= 0.6 is 34.8 Å². The summed E-state index contributed by atoms with van der Waals surface area (Å²) in [5.41, 5.74) is 3.85. The molecule has 2 nitrogen and oxygen atoms in total. The van der Waals surface area contributed by atoms with Crippen LogP contribution in [0.25, 0.3) is 16.7 Å². The molecular weight excluding hydrogens is 327 g/mol. The van der Waals surface area contributed by atoms with Crippen molar-refractivity contribution in [1.29, 1.82) is 0 Å². The number of halogens is 3. The minimum absolute atomic E-state index is 0.501. The summed E-state index contributed by atoms with van der Waals surface area (Å²) in [5.74, 6) is 1.39. The molecule has 0 bridgehead atoms. The summed E-state index contributed by atoms with van der Waals surface area (Å²) in [6.07, 6.45) is 0.665. The lowest BCUT2D eigenvalue weighted by atomic mass is 10.2. The van der Waals surface area contributed by atoms with E-state index in [1.54, 1.807) is 0 Å². The fourth-order valence-electron chi connectivity index (χ4n) is 2.51. The van der Waals surface area contributed by atoms with Crippen molar-refractivity contribution < 1.29 is 0 Å². The van der Waals surface area contributed by atoms with Gasteiger partial charge in [-0.15, -0.1) is 11.6 Å². The molecule has 0 unspecified atom stereocenters. The van der Waals surface area contributed by atoms with E-state index in [1.807, 2.05) is 43.3 Å². The third-order valence-electron chi connectivity index (χ3n) is 3.42. The first-order chi connectivity index (χ1) is 10.1. The molecule has 0 saturated carbocycles. The highest BCUT2D eigenvalue weighted by molar-refractivity contribution is 6.33. The van der Waals surface area contributed by atoms with Gasteiger partial charge in [0.2, 0.25) is 0 Å². The van der Waals surface area contributed by atoms with Gasteiger partial charge in [-0.25, -0.2) is 4.98 Å². The lowest BCUT2D eigenvalue weighted by Gasteiger charge is -2.13. The molecule has 3 aromatic rings. The van der Waals surface area contributed by atoms with Crippen LogP contribution in [0.3, 0.4) is 0 Å². The van der Waals surface area contributed by atoms with Crippen LogP contribution in [-0.2, 0) is 6.42 Å². The molecule has 0 amide bonds. The quantitative estimate of drug-likeness (QED) is 0.582. The second-order valence-corrected chi connectivity index (χ2v) is 6.06. The van der Waals surface area contributed by atoms with Crippen LogP contribution in [0, 0.1) is 6.92 Å². The molecule has 0 fully saturated rings. The van der Waals surface area contributed by atoms with Crippen molar-refractivity contribution in [2.24, 2.45) is 0 Å². The van der Waals surface area contributed by atoms with E-state index >= 15 is 0 Å². The number of fused-ring (bicyclic) bond motifs is 1. The standard InChI is InChI=1S/C16H13Cl3N2/c1-10-3-2-4-12(19)16(10)21-14-9-11(18)5-6-13(14)20-15(21)7-8-17/h2-6,9H,7-8H2,1H3. The van der Waals surface area contributed by atoms with Gasteiger partial charge < -0.3 is 0 Å². The zero-order chi connectivity index (χ0) is 15.0. The number of para-hydroxylation sites is 1. The first-order valence-electron chi connectivity index (χ1n) is 6.60. The molecule has 5 heteroatoms. The second kappa shape index (κ2) is 5.88. The van der Waals surface area contributed by atoms with E-state index in [9.17, 15) is 0 Å². The van der Waals surface area contributed by atoms with Crippen LogP contribution in [-0.4, -0.2) is 15.4 Å². The van der Waals surface area contributed by atoms with E-state index in [0.29, 0.717) is 22.3 Å². The van der Waals surface area contributed by atoms with Crippen LogP contribution in [0.2, 0.25) is 10.0 Å². The van der Waals surface area contributed by atoms with Crippen LogP contribution in [0.5, 0.6) is 0 Å². The van der Waals surface area contributed by atoms with Crippen molar-refractivity contribution in [3.8, 4) is 5.69 Å². The maximum Gasteiger partial charge on any atom is 0.115 e. The van der Waals surface area contributed by atoms with Gasteiger partial charge in [-0.2, -0.15) is 0 Å². The average molecular weight is 340 g/mol. The lowest BCUT2D eigenvalue weighted by Crippen LogP contribution is -2.04. The molecule has 0 spiro atoms. The molecule has 1 aromatic heterocycles. The zero-order valence-electron chi connectivity index (χ0n) is 11.4. The van der Waals surface area contributed by atoms with Crippen molar-refractivity contribution in [3.05, 3.63) is 57.8 Å². The van der Waals surface area contributed by atoms with Gasteiger partial charge in [0.25, 0.3) is 0 Å². The number of hydrogen-bond acceptors (Lipinski definition) is 1. The molecule has 0 aliphatic heterocycles. The SMILES string of the molecule is Cc1cccc(Cl)c1-n1c(CCCl)nc2ccc(Cl)cc21. The van der Waals surface area contributed by atoms with Gasteiger partial charge in [-0.3, -0.25) is 4.57 Å². The summed E-state index contributed by atoms with van der Waals surface area (Å²) in [6, 6.07) is 11.5. The number of imidazole rings is 1. The Hall–Kier alpha value is -1.22. The lowest BCUT2D eigenvalue weighted by molar-refractivity contribution is 0.907. The minimum Gasteiger partial charge on any atom is -0.294 e. The van der Waals surface area contributed by atoms with Gasteiger partial charge in [-0.05, 0) is 36.8 Å². The molecule has 3 rings (SSSR count). The Balaban J connectivity index is 2.38. The van der Waals surface area contributed by atoms with E-state index in [-0.39, 0.29) is 0 Å². The number of nitrogens with zero attached hydrogens (tertiary/aromatic N) is 2. The second-order valence-electron chi connectivity index (χ2n) is 4.84. The molecule has 0 saturated heterocycles. The maximum atomic E-state index is 6.42. The maximum absolute atomic E-state index is 6.42. The molecule has 21 heavy (non-hydrogen) atoms. The number of rotatable bonds is 3. The van der Waals surface area contributed by atoms with Crippen molar-refractivity contribution in [3.63, 3.8) is 0 Å². The number of aryl methyl sites for hydroxylation is 2. The van der Waals surface area contributed by atoms with Crippen LogP contribution < -0.4 is 0 Å². The molecule has 1 heterocycles. The number of hydrogen-bond donors (Lipinski definition) is 0. The Kier molecular flexibility index (Phi) is 4.12. The molecule has 0 atom stereocenters. The van der Waals surface area contributed by atoms with Gasteiger partial charge in [-0.1, -0.05) is 35.3 Å². The highest BCUT2D eigenvalue weighted by atomic mass is 35.5. The zero-order valence-corrected chi connectivity index (χ0v) is 13.7. The molecule has 0 radical (unpaired) electrons. The fraction of sp³-hybridized carbons (Fsp3) is 0.188. The van der Waals surface area contributed by atoms with E-state index in [1.165, 1.54) is 0 Å². The van der Waals surface area contributed by atoms with Crippen molar-refractivity contribution in [2.45, 2.75) is 13.3 Å². The minimum atomic E-state index is 0.501. The highest BCUT2D eigenvalue weighted by Gasteiger charge is 2.16. The number of alkyl halides is 1. The van der Waals surface area contributed by atoms with E-state index in [0.717, 1.165) is 28.1 Å². The van der Waals surface area contributed by atoms with Crippen molar-refractivity contribution in [2.75, 3.05) is 5.88 Å². The van der Waals surface area contributed by atoms with Crippen molar-refractivity contribution >= 4 is 45.8 Å². The highest BCUT2D eigenvalue weighted by Crippen LogP contribution is 2.31. The summed E-state index contributed by atoms with van der Waals surface area (Å²) in [5, 5.41) is 1.36. The monoisotopic (exact) mass is 338 g/mol. The predicted molar refractivity (Wildman–Crippen MR) is 90.3 cm³/mol. The smallest absolute Gasteiger partial charge is 0.115 e. The Morgan fingerprint density at radius 2 is 1.95 bits per heavy atom. The van der Waals surface area contributed by atoms with Crippen LogP contribution in [0.15, 0.2) is 36.4 Å². The Morgan fingerprint density at radius 1 is 1.14 bits per heavy atom. The van der Waals surface area contributed by atoms with Gasteiger partial charge in [0, 0.05) is 17.3 Å². The van der Waals surface area contributed by atoms with E-state index in [2.05, 4.69) is 9.55 Å². The van der Waals surface area contributed by atoms with Gasteiger partial charge in [0.1, 0.15) is 5.82 Å². The fourth-order valence-corrected chi connectivity index (χ4v) is 3.15. The molecule has 0 N–H and O–H groups in total. The Morgan fingerprint density at radius 3 is 2.67 bits per heavy atom. The average Bonchev–Trinajstić information content (AvgIpc) is 2.77. The summed E-state index contributed by atoms with van der Waals surface area (Å²) in [4.78, 5) is 4.66. The molecule has 0 aliphatic carbocycles. The predicted octanol–water partition coefficient (Wildman–Crippen LogP) is 5.42. The summed E-state index contributed by atoms with van der Waals surface area (Å²) in [7, 11) is 0. The first kappa shape index (κ1) is 14.7. The van der Waals surface area contributed by atoms with Gasteiger partial charge in [0.05, 0.1) is 21.7 Å². The third-order valence-corrected chi connectivity index (χ3v) is 4.15. The first-order valence-corrected chi connectivity index (χ1v) is 7.89. The van der Waals surface area contributed by atoms with Crippen molar-refractivity contribution in [1.82, 2.24) is 9.55 Å². The Labute approximate surface area is 138 Å². The number of aromatic nitrogens is 2. The largest absolute Gasteiger partial charge is 0.294 e. The number of benzene rings is 2. The van der Waals surface area contributed by atoms with Gasteiger partial charge >= 0.3 is 0 Å². The summed E-state index contributed by atoms with van der Waals surface area (Å²) in [6.45, 7) is 2.03. The topological polar surface area (TPSA) is 17.8 Å². The summed E-state index contributed by atoms with van der Waals surface area (Å²) < 4.78 is 2.06. The molecular formula is C16H13Cl3N2. The van der Waals surface area contributed by atoms with Gasteiger partial charge in [0.15, 0.2) is 0 Å².